The van der Waals surface area contributed by atoms with Crippen LogP contribution in [0.4, 0.5) is 5.69 Å². The number of pyridine rings is 1. The third-order valence-corrected chi connectivity index (χ3v) is 5.30. The minimum absolute atomic E-state index is 0.147. The lowest BCUT2D eigenvalue weighted by Gasteiger charge is -2.12. The lowest BCUT2D eigenvalue weighted by atomic mass is 10.1. The molecule has 1 atom stereocenters. The molecule has 0 aromatic carbocycles. The molecule has 1 aliphatic heterocycles. The number of amides is 1. The first-order valence-corrected chi connectivity index (χ1v) is 10.7. The average Bonchev–Trinajstić information content (AvgIpc) is 3.47. The largest absolute Gasteiger partial charge is 0.474 e. The molecule has 10 heteroatoms. The van der Waals surface area contributed by atoms with Crippen LogP contribution in [0, 0.1) is 12.8 Å². The van der Waals surface area contributed by atoms with E-state index in [1.54, 1.807) is 23.0 Å². The summed E-state index contributed by atoms with van der Waals surface area (Å²) in [6.45, 7) is 8.01. The molecule has 0 aliphatic carbocycles. The van der Waals surface area contributed by atoms with E-state index in [2.05, 4.69) is 25.5 Å². The fourth-order valence-electron chi connectivity index (χ4n) is 3.80. The molecule has 1 aliphatic rings. The highest BCUT2D eigenvalue weighted by molar-refractivity contribution is 6.08. The maximum Gasteiger partial charge on any atom is 0.261 e. The summed E-state index contributed by atoms with van der Waals surface area (Å²) in [5.41, 5.74) is 2.94. The van der Waals surface area contributed by atoms with Gasteiger partial charge in [0.1, 0.15) is 11.3 Å². The Morgan fingerprint density at radius 2 is 2.22 bits per heavy atom. The summed E-state index contributed by atoms with van der Waals surface area (Å²) in [7, 11) is 0. The summed E-state index contributed by atoms with van der Waals surface area (Å²) in [5, 5.41) is 12.5. The van der Waals surface area contributed by atoms with Crippen molar-refractivity contribution in [3.8, 4) is 5.88 Å². The van der Waals surface area contributed by atoms with Crippen molar-refractivity contribution < 1.29 is 14.3 Å². The lowest BCUT2D eigenvalue weighted by molar-refractivity contribution is 0.102. The first kappa shape index (κ1) is 20.4. The molecule has 4 aromatic heterocycles. The second-order valence-corrected chi connectivity index (χ2v) is 8.41. The molecule has 1 fully saturated rings. The van der Waals surface area contributed by atoms with Crippen molar-refractivity contribution in [2.24, 2.45) is 5.92 Å². The van der Waals surface area contributed by atoms with Crippen LogP contribution in [0.3, 0.4) is 0 Å². The van der Waals surface area contributed by atoms with Gasteiger partial charge >= 0.3 is 0 Å². The fraction of sp³-hybridized carbons (Fsp3) is 0.409. The van der Waals surface area contributed by atoms with Crippen molar-refractivity contribution in [1.82, 2.24) is 29.4 Å². The van der Waals surface area contributed by atoms with E-state index in [9.17, 15) is 4.79 Å². The van der Waals surface area contributed by atoms with Gasteiger partial charge in [0.05, 0.1) is 18.9 Å². The van der Waals surface area contributed by atoms with Crippen LogP contribution >= 0.6 is 0 Å². The maximum absolute atomic E-state index is 13.2. The molecule has 1 saturated heterocycles. The number of fused-ring (bicyclic) bond motifs is 2. The third-order valence-electron chi connectivity index (χ3n) is 5.30. The second-order valence-electron chi connectivity index (χ2n) is 8.41. The molecule has 32 heavy (non-hydrogen) atoms. The topological polar surface area (TPSA) is 108 Å². The average molecular weight is 435 g/mol. The van der Waals surface area contributed by atoms with E-state index in [1.807, 2.05) is 37.8 Å². The monoisotopic (exact) mass is 435 g/mol. The summed E-state index contributed by atoms with van der Waals surface area (Å²) in [4.78, 5) is 22.1. The summed E-state index contributed by atoms with van der Waals surface area (Å²) >= 11 is 0. The van der Waals surface area contributed by atoms with Crippen molar-refractivity contribution in [2.75, 3.05) is 18.5 Å². The number of nitrogens with one attached hydrogen (secondary N) is 1. The van der Waals surface area contributed by atoms with Gasteiger partial charge in [-0.3, -0.25) is 9.48 Å². The number of carbonyl (C=O) groups excluding carboxylic acids is 1. The number of hydrogen-bond donors (Lipinski definition) is 1. The van der Waals surface area contributed by atoms with Crippen LogP contribution in [-0.2, 0) is 11.3 Å². The molecule has 4 aromatic rings. The van der Waals surface area contributed by atoms with Crippen molar-refractivity contribution in [3.05, 3.63) is 42.0 Å². The molecule has 5 rings (SSSR count). The zero-order chi connectivity index (χ0) is 22.2. The Kier molecular flexibility index (Phi) is 5.22. The van der Waals surface area contributed by atoms with Crippen LogP contribution in [0.5, 0.6) is 5.88 Å². The third kappa shape index (κ3) is 4.01. The molecule has 1 amide bonds. The van der Waals surface area contributed by atoms with E-state index in [-0.39, 0.29) is 17.9 Å². The minimum Gasteiger partial charge on any atom is -0.474 e. The zero-order valence-electron chi connectivity index (χ0n) is 18.3. The van der Waals surface area contributed by atoms with E-state index in [1.165, 1.54) is 0 Å². The quantitative estimate of drug-likeness (QED) is 0.496. The molecular weight excluding hydrogens is 410 g/mol. The molecule has 0 radical (unpaired) electrons. The van der Waals surface area contributed by atoms with Gasteiger partial charge in [-0.1, -0.05) is 0 Å². The van der Waals surface area contributed by atoms with Crippen LogP contribution in [-0.4, -0.2) is 54.6 Å². The van der Waals surface area contributed by atoms with E-state index in [0.29, 0.717) is 28.5 Å². The van der Waals surface area contributed by atoms with Crippen LogP contribution in [0.15, 0.2) is 30.9 Å². The lowest BCUT2D eigenvalue weighted by Crippen LogP contribution is -2.17. The van der Waals surface area contributed by atoms with E-state index < -0.39 is 0 Å². The normalized spacial score (nSPS) is 16.3. The van der Waals surface area contributed by atoms with Gasteiger partial charge < -0.3 is 14.8 Å². The van der Waals surface area contributed by atoms with Crippen LogP contribution in [0.2, 0.25) is 0 Å². The van der Waals surface area contributed by atoms with Crippen LogP contribution < -0.4 is 10.1 Å². The Labute approximate surface area is 184 Å². The van der Waals surface area contributed by atoms with Crippen molar-refractivity contribution in [2.45, 2.75) is 39.8 Å². The van der Waals surface area contributed by atoms with Gasteiger partial charge in [-0.05, 0) is 38.8 Å². The highest BCUT2D eigenvalue weighted by Crippen LogP contribution is 2.25. The molecule has 1 unspecified atom stereocenters. The Hall–Kier alpha value is -3.53. The fourth-order valence-corrected chi connectivity index (χ4v) is 3.80. The van der Waals surface area contributed by atoms with Gasteiger partial charge in [0.25, 0.3) is 5.91 Å². The number of nitrogens with zero attached hydrogens (tertiary/aromatic N) is 6. The SMILES string of the molecule is Cc1cnc2c(NC(=O)c3cc4cn(CC5CCOC5)nc4nc3OC(C)C)cnn2c1. The number of aromatic nitrogens is 6. The van der Waals surface area contributed by atoms with Crippen molar-refractivity contribution >= 4 is 28.3 Å². The molecule has 0 spiro atoms. The molecule has 1 N–H and O–H groups in total. The smallest absolute Gasteiger partial charge is 0.261 e. The van der Waals surface area contributed by atoms with Crippen LogP contribution in [0.1, 0.15) is 36.2 Å². The number of aryl methyl sites for hydroxylation is 1. The minimum atomic E-state index is -0.343. The van der Waals surface area contributed by atoms with Crippen LogP contribution in [0.25, 0.3) is 16.7 Å². The molecule has 166 valence electrons. The molecular formula is C22H25N7O3. The van der Waals surface area contributed by atoms with Crippen molar-refractivity contribution in [3.63, 3.8) is 0 Å². The van der Waals surface area contributed by atoms with Gasteiger partial charge in [-0.15, -0.1) is 0 Å². The second kappa shape index (κ2) is 8.19. The Morgan fingerprint density at radius 3 is 3.00 bits per heavy atom. The maximum atomic E-state index is 13.2. The number of rotatable bonds is 6. The molecule has 0 bridgehead atoms. The van der Waals surface area contributed by atoms with Gasteiger partial charge in [-0.25, -0.2) is 9.50 Å². The molecule has 10 nitrogen and oxygen atoms in total. The summed E-state index contributed by atoms with van der Waals surface area (Å²) in [6, 6.07) is 1.77. The summed E-state index contributed by atoms with van der Waals surface area (Å²) in [6.07, 6.45) is 7.95. The number of anilines is 1. The number of carbonyl (C=O) groups is 1. The zero-order valence-corrected chi connectivity index (χ0v) is 18.3. The highest BCUT2D eigenvalue weighted by Gasteiger charge is 2.21. The first-order chi connectivity index (χ1) is 15.5. The number of ether oxygens (including phenoxy) is 2. The van der Waals surface area contributed by atoms with Gasteiger partial charge in [0.15, 0.2) is 11.3 Å². The van der Waals surface area contributed by atoms with E-state index in [4.69, 9.17) is 9.47 Å². The predicted molar refractivity (Wildman–Crippen MR) is 118 cm³/mol. The van der Waals surface area contributed by atoms with Gasteiger partial charge in [0.2, 0.25) is 5.88 Å². The Bertz CT molecular complexity index is 1290. The van der Waals surface area contributed by atoms with E-state index >= 15 is 0 Å². The van der Waals surface area contributed by atoms with Crippen molar-refractivity contribution in [1.29, 1.82) is 0 Å². The molecule has 5 heterocycles. The summed E-state index contributed by atoms with van der Waals surface area (Å²) in [5.74, 6) is 0.342. The first-order valence-electron chi connectivity index (χ1n) is 10.7. The number of hydrogen-bond acceptors (Lipinski definition) is 7. The summed E-state index contributed by atoms with van der Waals surface area (Å²) < 4.78 is 14.8. The Balaban J connectivity index is 1.47. The van der Waals surface area contributed by atoms with Gasteiger partial charge in [0, 0.05) is 43.0 Å². The van der Waals surface area contributed by atoms with Gasteiger partial charge in [-0.2, -0.15) is 15.2 Å². The Morgan fingerprint density at radius 1 is 1.34 bits per heavy atom. The van der Waals surface area contributed by atoms with E-state index in [0.717, 1.165) is 37.1 Å². The standard InChI is InChI=1S/C22H25N7O3/c1-13(2)32-22-17(21(30)25-18-8-24-29-9-14(3)7-23-20(18)29)6-16-11-28(27-19(16)26-22)10-15-4-5-31-12-15/h6-9,11,13,15H,4-5,10,12H2,1-3H3,(H,25,30). The highest BCUT2D eigenvalue weighted by atomic mass is 16.5. The molecule has 0 saturated carbocycles. The predicted octanol–water partition coefficient (Wildman–Crippen LogP) is 2.86.